The first kappa shape index (κ1) is 25.4. The molecule has 1 unspecified atom stereocenters. The fourth-order valence-corrected chi connectivity index (χ4v) is 3.63. The number of nitrogens with one attached hydrogen (secondary N) is 2. The molecule has 0 aliphatic heterocycles. The van der Waals surface area contributed by atoms with E-state index in [0.29, 0.717) is 34.2 Å². The Balaban J connectivity index is 1.38. The van der Waals surface area contributed by atoms with Crippen molar-refractivity contribution in [2.45, 2.75) is 19.9 Å². The van der Waals surface area contributed by atoms with Gasteiger partial charge in [-0.1, -0.05) is 19.1 Å². The van der Waals surface area contributed by atoms with Gasteiger partial charge in [-0.2, -0.15) is 0 Å². The number of oxazole rings is 1. The zero-order chi connectivity index (χ0) is 26.4. The van der Waals surface area contributed by atoms with E-state index in [1.54, 1.807) is 37.3 Å². The SMILES string of the molecule is CC(CN(CCc1nc2c(NCc3ncccc3F)nccc2o1)C(=O)O)C(=O)Nc1ccccc1N. The van der Waals surface area contributed by atoms with E-state index in [2.05, 4.69) is 25.6 Å². The van der Waals surface area contributed by atoms with E-state index in [4.69, 9.17) is 10.2 Å². The lowest BCUT2D eigenvalue weighted by Gasteiger charge is -2.22. The Bertz CT molecular complexity index is 1410. The molecule has 0 bridgehead atoms. The largest absolute Gasteiger partial charge is 0.465 e. The summed E-state index contributed by atoms with van der Waals surface area (Å²) in [6.45, 7) is 1.76. The molecule has 0 saturated carbocycles. The van der Waals surface area contributed by atoms with Gasteiger partial charge in [0.15, 0.2) is 22.8 Å². The predicted octanol–water partition coefficient (Wildman–Crippen LogP) is 3.75. The molecule has 4 rings (SSSR count). The molecule has 0 aliphatic carbocycles. The Kier molecular flexibility index (Phi) is 7.77. The van der Waals surface area contributed by atoms with Crippen molar-refractivity contribution < 1.29 is 23.5 Å². The van der Waals surface area contributed by atoms with Crippen LogP contribution in [0.25, 0.3) is 11.1 Å². The van der Waals surface area contributed by atoms with Gasteiger partial charge in [-0.3, -0.25) is 9.78 Å². The molecule has 12 heteroatoms. The van der Waals surface area contributed by atoms with E-state index >= 15 is 0 Å². The number of nitrogens with two attached hydrogens (primary N) is 1. The number of fused-ring (bicyclic) bond motifs is 1. The monoisotopic (exact) mass is 507 g/mol. The Morgan fingerprint density at radius 1 is 1.16 bits per heavy atom. The third kappa shape index (κ3) is 6.28. The molecule has 1 atom stereocenters. The second-order valence-electron chi connectivity index (χ2n) is 8.36. The average molecular weight is 508 g/mol. The maximum atomic E-state index is 13.9. The van der Waals surface area contributed by atoms with Crippen LogP contribution in [-0.4, -0.2) is 50.0 Å². The number of para-hydroxylation sites is 2. The summed E-state index contributed by atoms with van der Waals surface area (Å²) in [7, 11) is 0. The third-order valence-corrected chi connectivity index (χ3v) is 5.64. The summed E-state index contributed by atoms with van der Waals surface area (Å²) in [5, 5.41) is 15.4. The minimum Gasteiger partial charge on any atom is -0.465 e. The summed E-state index contributed by atoms with van der Waals surface area (Å²) in [5.41, 5.74) is 7.87. The van der Waals surface area contributed by atoms with Crippen LogP contribution in [0.4, 0.5) is 26.4 Å². The Labute approximate surface area is 211 Å². The van der Waals surface area contributed by atoms with Gasteiger partial charge in [-0.05, 0) is 24.3 Å². The lowest BCUT2D eigenvalue weighted by molar-refractivity contribution is -0.119. The first-order chi connectivity index (χ1) is 17.8. The van der Waals surface area contributed by atoms with Crippen LogP contribution >= 0.6 is 0 Å². The molecule has 11 nitrogen and oxygen atoms in total. The van der Waals surface area contributed by atoms with E-state index < -0.39 is 17.8 Å². The van der Waals surface area contributed by atoms with Crippen LogP contribution in [0.2, 0.25) is 0 Å². The van der Waals surface area contributed by atoms with Crippen LogP contribution in [0, 0.1) is 11.7 Å². The summed E-state index contributed by atoms with van der Waals surface area (Å²) >= 11 is 0. The number of carboxylic acid groups (broad SMARTS) is 1. The van der Waals surface area contributed by atoms with Crippen LogP contribution in [0.5, 0.6) is 0 Å². The summed E-state index contributed by atoms with van der Waals surface area (Å²) in [5.74, 6) is -0.732. The van der Waals surface area contributed by atoms with Gasteiger partial charge in [0.2, 0.25) is 5.91 Å². The molecule has 0 aliphatic rings. The first-order valence-corrected chi connectivity index (χ1v) is 11.5. The molecule has 2 amide bonds. The smallest absolute Gasteiger partial charge is 0.407 e. The highest BCUT2D eigenvalue weighted by molar-refractivity contribution is 5.95. The summed E-state index contributed by atoms with van der Waals surface area (Å²) < 4.78 is 19.6. The van der Waals surface area contributed by atoms with Crippen molar-refractivity contribution in [3.63, 3.8) is 0 Å². The zero-order valence-electron chi connectivity index (χ0n) is 20.0. The molecule has 3 heterocycles. The zero-order valence-corrected chi connectivity index (χ0v) is 20.0. The second kappa shape index (κ2) is 11.3. The van der Waals surface area contributed by atoms with Crippen LogP contribution in [0.1, 0.15) is 18.5 Å². The van der Waals surface area contributed by atoms with Gasteiger partial charge in [-0.25, -0.2) is 19.2 Å². The number of anilines is 3. The summed E-state index contributed by atoms with van der Waals surface area (Å²) in [6.07, 6.45) is 2.03. The van der Waals surface area contributed by atoms with Crippen molar-refractivity contribution in [1.29, 1.82) is 0 Å². The number of nitrogens with zero attached hydrogens (tertiary/aromatic N) is 4. The maximum absolute atomic E-state index is 13.9. The third-order valence-electron chi connectivity index (χ3n) is 5.64. The number of aromatic nitrogens is 3. The van der Waals surface area contributed by atoms with Crippen molar-refractivity contribution in [3.8, 4) is 0 Å². The fraction of sp³-hybridized carbons (Fsp3) is 0.240. The average Bonchev–Trinajstić information content (AvgIpc) is 3.31. The van der Waals surface area contributed by atoms with E-state index in [1.165, 1.54) is 24.5 Å². The van der Waals surface area contributed by atoms with Gasteiger partial charge in [-0.15, -0.1) is 0 Å². The molecule has 0 saturated heterocycles. The topological polar surface area (TPSA) is 160 Å². The van der Waals surface area contributed by atoms with Crippen molar-refractivity contribution in [3.05, 3.63) is 72.3 Å². The highest BCUT2D eigenvalue weighted by Gasteiger charge is 2.22. The number of carbonyl (C=O) groups excluding carboxylic acids is 1. The Hall–Kier alpha value is -4.74. The molecule has 5 N–H and O–H groups in total. The van der Waals surface area contributed by atoms with Crippen LogP contribution < -0.4 is 16.4 Å². The number of carbonyl (C=O) groups is 2. The number of nitrogen functional groups attached to an aromatic ring is 1. The van der Waals surface area contributed by atoms with Gasteiger partial charge in [0, 0.05) is 38.0 Å². The van der Waals surface area contributed by atoms with Gasteiger partial charge in [0.05, 0.1) is 29.5 Å². The molecule has 4 aromatic rings. The Morgan fingerprint density at radius 3 is 2.73 bits per heavy atom. The number of rotatable bonds is 10. The normalized spacial score (nSPS) is 11.7. The lowest BCUT2D eigenvalue weighted by atomic mass is 10.1. The predicted molar refractivity (Wildman–Crippen MR) is 135 cm³/mol. The molecule has 37 heavy (non-hydrogen) atoms. The number of amides is 2. The minimum absolute atomic E-state index is 0.0296. The van der Waals surface area contributed by atoms with Gasteiger partial charge >= 0.3 is 6.09 Å². The van der Waals surface area contributed by atoms with E-state index in [0.717, 1.165) is 4.90 Å². The summed E-state index contributed by atoms with van der Waals surface area (Å²) in [4.78, 5) is 38.2. The fourth-order valence-electron chi connectivity index (χ4n) is 3.63. The maximum Gasteiger partial charge on any atom is 0.407 e. The molecular weight excluding hydrogens is 481 g/mol. The highest BCUT2D eigenvalue weighted by atomic mass is 19.1. The molecule has 1 aromatic carbocycles. The molecule has 0 spiro atoms. The molecule has 0 radical (unpaired) electrons. The second-order valence-corrected chi connectivity index (χ2v) is 8.36. The number of halogens is 1. The lowest BCUT2D eigenvalue weighted by Crippen LogP contribution is -2.38. The van der Waals surface area contributed by atoms with Gasteiger partial charge in [0.25, 0.3) is 0 Å². The number of hydrogen-bond donors (Lipinski definition) is 4. The van der Waals surface area contributed by atoms with E-state index in [-0.39, 0.29) is 37.7 Å². The van der Waals surface area contributed by atoms with Crippen LogP contribution in [0.15, 0.2) is 59.3 Å². The van der Waals surface area contributed by atoms with Crippen molar-refractivity contribution in [1.82, 2.24) is 19.9 Å². The molecule has 192 valence electrons. The van der Waals surface area contributed by atoms with Crippen molar-refractivity contribution in [2.75, 3.05) is 29.5 Å². The summed E-state index contributed by atoms with van der Waals surface area (Å²) in [6, 6.07) is 11.3. The van der Waals surface area contributed by atoms with Crippen molar-refractivity contribution in [2.24, 2.45) is 5.92 Å². The first-order valence-electron chi connectivity index (χ1n) is 11.5. The molecule has 0 fully saturated rings. The highest BCUT2D eigenvalue weighted by Crippen LogP contribution is 2.23. The number of benzene rings is 1. The number of pyridine rings is 2. The van der Waals surface area contributed by atoms with Crippen molar-refractivity contribution >= 4 is 40.3 Å². The minimum atomic E-state index is -1.17. The standard InChI is InChI=1S/C25H26FN7O4/c1-15(24(34)31-18-7-3-2-6-17(18)27)14-33(25(35)36)12-9-21-32-22-20(37-21)8-11-29-23(22)30-13-19-16(26)5-4-10-28-19/h2-8,10-11,15H,9,12-14,27H2,1H3,(H,29,30)(H,31,34)(H,35,36). The molecule has 3 aromatic heterocycles. The van der Waals surface area contributed by atoms with Gasteiger partial charge < -0.3 is 30.8 Å². The molecular formula is C25H26FN7O4. The van der Waals surface area contributed by atoms with Gasteiger partial charge in [0.1, 0.15) is 5.82 Å². The quantitative estimate of drug-likeness (QED) is 0.234. The van der Waals surface area contributed by atoms with E-state index in [9.17, 15) is 19.1 Å². The number of hydrogen-bond acceptors (Lipinski definition) is 8. The Morgan fingerprint density at radius 2 is 1.97 bits per heavy atom. The van der Waals surface area contributed by atoms with Crippen LogP contribution in [-0.2, 0) is 17.8 Å². The van der Waals surface area contributed by atoms with E-state index in [1.807, 2.05) is 0 Å². The van der Waals surface area contributed by atoms with Crippen LogP contribution in [0.3, 0.4) is 0 Å².